The molecule has 6 heteroatoms. The van der Waals surface area contributed by atoms with Crippen molar-refractivity contribution in [1.29, 1.82) is 0 Å². The summed E-state index contributed by atoms with van der Waals surface area (Å²) in [6.07, 6.45) is 6.60. The zero-order valence-electron chi connectivity index (χ0n) is 19.9. The molecule has 3 atom stereocenters. The van der Waals surface area contributed by atoms with E-state index in [0.717, 1.165) is 44.8 Å². The number of nitrogens with zero attached hydrogens (tertiary/aromatic N) is 2. The van der Waals surface area contributed by atoms with Crippen LogP contribution in [0.4, 0.5) is 10.1 Å². The van der Waals surface area contributed by atoms with Crippen LogP contribution in [0.15, 0.2) is 53.4 Å². The maximum absolute atomic E-state index is 13.2. The number of halogens is 1. The highest BCUT2D eigenvalue weighted by atomic mass is 32.2. The molecule has 1 aliphatic carbocycles. The Hall–Kier alpha value is -2.05. The van der Waals surface area contributed by atoms with Gasteiger partial charge in [-0.3, -0.25) is 9.69 Å². The minimum Gasteiger partial charge on any atom is -0.369 e. The second kappa shape index (κ2) is 11.1. The lowest BCUT2D eigenvalue weighted by molar-refractivity contribution is -0.122. The quantitative estimate of drug-likeness (QED) is 0.591. The molecule has 0 spiro atoms. The Labute approximate surface area is 207 Å². The molecule has 2 fully saturated rings. The van der Waals surface area contributed by atoms with Crippen LogP contribution in [0.3, 0.4) is 0 Å². The van der Waals surface area contributed by atoms with Crippen LogP contribution in [0.2, 0.25) is 0 Å². The summed E-state index contributed by atoms with van der Waals surface area (Å²) in [5, 5.41) is 3.48. The predicted octanol–water partition coefficient (Wildman–Crippen LogP) is 5.50. The Balaban J connectivity index is 1.11. The average Bonchev–Trinajstić information content (AvgIpc) is 3.02. The molecule has 34 heavy (non-hydrogen) atoms. The number of anilines is 1. The largest absolute Gasteiger partial charge is 0.369 e. The molecule has 0 radical (unpaired) electrons. The number of fused-ring (bicyclic) bond motifs is 2. The van der Waals surface area contributed by atoms with E-state index in [1.54, 1.807) is 0 Å². The van der Waals surface area contributed by atoms with Crippen LogP contribution in [-0.4, -0.2) is 49.3 Å². The van der Waals surface area contributed by atoms with E-state index in [0.29, 0.717) is 18.3 Å². The van der Waals surface area contributed by atoms with Gasteiger partial charge in [0.25, 0.3) is 0 Å². The van der Waals surface area contributed by atoms with Gasteiger partial charge in [0.05, 0.1) is 6.04 Å². The van der Waals surface area contributed by atoms with Crippen LogP contribution in [0, 0.1) is 17.7 Å². The van der Waals surface area contributed by atoms with Crippen LogP contribution < -0.4 is 10.2 Å². The second-order valence-corrected chi connectivity index (χ2v) is 11.1. The van der Waals surface area contributed by atoms with Gasteiger partial charge in [-0.05, 0) is 73.5 Å². The molecular weight excluding hydrogens is 445 g/mol. The SMILES string of the molecule is O=C(CCCN1CCN(c2ccc(F)cc2)CC1)N[C@H]1c2ccccc2SC[C@@H]2CCCC[C@@H]21. The monoisotopic (exact) mass is 481 g/mol. The van der Waals surface area contributed by atoms with Gasteiger partial charge in [0.15, 0.2) is 0 Å². The normalized spacial score (nSPS) is 25.2. The number of carbonyl (C=O) groups excluding carboxylic acids is 1. The molecule has 4 nitrogen and oxygen atoms in total. The third-order valence-corrected chi connectivity index (χ3v) is 9.14. The molecule has 1 saturated carbocycles. The Morgan fingerprint density at radius 1 is 1.00 bits per heavy atom. The van der Waals surface area contributed by atoms with Crippen LogP contribution in [0.25, 0.3) is 0 Å². The molecule has 0 bridgehead atoms. The van der Waals surface area contributed by atoms with E-state index in [4.69, 9.17) is 0 Å². The summed E-state index contributed by atoms with van der Waals surface area (Å²) in [7, 11) is 0. The number of benzene rings is 2. The third kappa shape index (κ3) is 5.60. The van der Waals surface area contributed by atoms with Gasteiger partial charge in [-0.1, -0.05) is 31.0 Å². The van der Waals surface area contributed by atoms with Crippen LogP contribution in [0.5, 0.6) is 0 Å². The molecule has 2 aromatic carbocycles. The predicted molar refractivity (Wildman–Crippen MR) is 138 cm³/mol. The summed E-state index contributed by atoms with van der Waals surface area (Å²) in [5.41, 5.74) is 2.41. The van der Waals surface area contributed by atoms with Gasteiger partial charge in [-0.15, -0.1) is 11.8 Å². The topological polar surface area (TPSA) is 35.6 Å². The van der Waals surface area contributed by atoms with Crippen molar-refractivity contribution in [1.82, 2.24) is 10.2 Å². The summed E-state index contributed by atoms with van der Waals surface area (Å²) < 4.78 is 13.2. The van der Waals surface area contributed by atoms with E-state index < -0.39 is 0 Å². The van der Waals surface area contributed by atoms with Gasteiger partial charge < -0.3 is 10.2 Å². The van der Waals surface area contributed by atoms with E-state index in [1.165, 1.54) is 54.0 Å². The molecular formula is C28H36FN3OS. The molecule has 182 valence electrons. The third-order valence-electron chi connectivity index (χ3n) is 7.86. The van der Waals surface area contributed by atoms with Gasteiger partial charge in [0.2, 0.25) is 5.91 Å². The standard InChI is InChI=1S/C28H36FN3OS/c29-22-11-13-23(14-12-22)32-18-16-31(17-19-32)15-5-10-27(33)30-28-24-7-2-1-6-21(24)20-34-26-9-4-3-8-25(26)28/h3-4,8-9,11-14,21,24,28H,1-2,5-7,10,15-20H2,(H,30,33)/t21-,24-,28+/m0/s1. The first kappa shape index (κ1) is 23.7. The number of hydrogen-bond donors (Lipinski definition) is 1. The summed E-state index contributed by atoms with van der Waals surface area (Å²) in [6, 6.07) is 15.6. The maximum Gasteiger partial charge on any atom is 0.220 e. The van der Waals surface area contributed by atoms with Gasteiger partial charge >= 0.3 is 0 Å². The smallest absolute Gasteiger partial charge is 0.220 e. The van der Waals surface area contributed by atoms with Gasteiger partial charge in [-0.2, -0.15) is 0 Å². The van der Waals surface area contributed by atoms with Crippen molar-refractivity contribution in [3.63, 3.8) is 0 Å². The van der Waals surface area contributed by atoms with Crippen molar-refractivity contribution in [2.75, 3.05) is 43.4 Å². The van der Waals surface area contributed by atoms with E-state index in [2.05, 4.69) is 39.4 Å². The number of nitrogens with one attached hydrogen (secondary N) is 1. The number of hydrogen-bond acceptors (Lipinski definition) is 4. The number of rotatable bonds is 6. The summed E-state index contributed by atoms with van der Waals surface area (Å²) >= 11 is 1.98. The van der Waals surface area contributed by atoms with E-state index in [9.17, 15) is 9.18 Å². The fourth-order valence-corrected chi connectivity index (χ4v) is 7.30. The first-order valence-corrected chi connectivity index (χ1v) is 13.9. The highest BCUT2D eigenvalue weighted by molar-refractivity contribution is 7.99. The van der Waals surface area contributed by atoms with Crippen molar-refractivity contribution in [2.45, 2.75) is 49.5 Å². The minimum absolute atomic E-state index is 0.156. The average molecular weight is 482 g/mol. The number of thioether (sulfide) groups is 1. The Morgan fingerprint density at radius 3 is 2.59 bits per heavy atom. The first-order chi connectivity index (χ1) is 16.7. The van der Waals surface area contributed by atoms with Crippen molar-refractivity contribution in [3.8, 4) is 0 Å². The second-order valence-electron chi connectivity index (χ2n) is 10.0. The molecule has 1 N–H and O–H groups in total. The van der Waals surface area contributed by atoms with Crippen molar-refractivity contribution >= 4 is 23.4 Å². The zero-order chi connectivity index (χ0) is 23.3. The lowest BCUT2D eigenvalue weighted by Crippen LogP contribution is -2.46. The number of piperazine rings is 1. The molecule has 0 aromatic heterocycles. The summed E-state index contributed by atoms with van der Waals surface area (Å²) in [4.78, 5) is 19.1. The summed E-state index contributed by atoms with van der Waals surface area (Å²) in [6.45, 7) is 4.80. The van der Waals surface area contributed by atoms with Gasteiger partial charge in [0.1, 0.15) is 5.82 Å². The Kier molecular flexibility index (Phi) is 7.75. The van der Waals surface area contributed by atoms with E-state index in [1.807, 2.05) is 23.9 Å². The maximum atomic E-state index is 13.2. The van der Waals surface area contributed by atoms with Crippen molar-refractivity contribution in [2.24, 2.45) is 11.8 Å². The van der Waals surface area contributed by atoms with Crippen molar-refractivity contribution < 1.29 is 9.18 Å². The van der Waals surface area contributed by atoms with Crippen LogP contribution in [-0.2, 0) is 4.79 Å². The molecule has 1 saturated heterocycles. The molecule has 1 amide bonds. The first-order valence-electron chi connectivity index (χ1n) is 12.9. The number of amides is 1. The van der Waals surface area contributed by atoms with Gasteiger partial charge in [0, 0.05) is 48.9 Å². The van der Waals surface area contributed by atoms with E-state index >= 15 is 0 Å². The Morgan fingerprint density at radius 2 is 1.76 bits per heavy atom. The van der Waals surface area contributed by atoms with E-state index in [-0.39, 0.29) is 17.8 Å². The minimum atomic E-state index is -0.189. The fourth-order valence-electron chi connectivity index (χ4n) is 5.95. The lowest BCUT2D eigenvalue weighted by Gasteiger charge is -2.36. The number of carbonyl (C=O) groups is 1. The molecule has 0 unspecified atom stereocenters. The van der Waals surface area contributed by atoms with Crippen LogP contribution in [0.1, 0.15) is 50.1 Å². The van der Waals surface area contributed by atoms with Crippen molar-refractivity contribution in [3.05, 3.63) is 59.9 Å². The van der Waals surface area contributed by atoms with Crippen LogP contribution >= 0.6 is 11.8 Å². The fraction of sp³-hybridized carbons (Fsp3) is 0.536. The molecule has 2 heterocycles. The zero-order valence-corrected chi connectivity index (χ0v) is 20.7. The van der Waals surface area contributed by atoms with Gasteiger partial charge in [-0.25, -0.2) is 4.39 Å². The molecule has 5 rings (SSSR count). The summed E-state index contributed by atoms with van der Waals surface area (Å²) in [5.74, 6) is 2.45. The lowest BCUT2D eigenvalue weighted by atomic mass is 9.74. The molecule has 2 aromatic rings. The highest BCUT2D eigenvalue weighted by Gasteiger charge is 2.37. The highest BCUT2D eigenvalue weighted by Crippen LogP contribution is 2.46. The Bertz CT molecular complexity index is 960. The molecule has 3 aliphatic rings. The molecule has 2 aliphatic heterocycles.